The van der Waals surface area contributed by atoms with Crippen LogP contribution in [0, 0.1) is 19.7 Å². The molecule has 1 atom stereocenters. The molecule has 6 nitrogen and oxygen atoms in total. The van der Waals surface area contributed by atoms with Crippen LogP contribution in [-0.2, 0) is 14.4 Å². The van der Waals surface area contributed by atoms with Crippen LogP contribution in [0.25, 0.3) is 0 Å². The first-order valence-electron chi connectivity index (χ1n) is 7.99. The van der Waals surface area contributed by atoms with Gasteiger partial charge in [-0.3, -0.25) is 9.59 Å². The largest absolute Gasteiger partial charge is 0.383 e. The molecule has 0 heterocycles. The summed E-state index contributed by atoms with van der Waals surface area (Å²) < 4.78 is 13.5. The lowest BCUT2D eigenvalue weighted by Crippen LogP contribution is -2.27. The number of anilines is 2. The maximum Gasteiger partial charge on any atom is 0.270 e. The molecule has 0 fully saturated rings. The van der Waals surface area contributed by atoms with Crippen molar-refractivity contribution in [1.82, 2.24) is 0 Å². The van der Waals surface area contributed by atoms with Gasteiger partial charge in [-0.15, -0.1) is 0 Å². The number of carbonyl (C=O) groups is 2. The predicted octanol–water partition coefficient (Wildman–Crippen LogP) is 3.41. The third-order valence-corrected chi connectivity index (χ3v) is 3.53. The minimum atomic E-state index is -1.00. The summed E-state index contributed by atoms with van der Waals surface area (Å²) in [5.41, 5.74) is 2.72. The Morgan fingerprint density at radius 3 is 2.54 bits per heavy atom. The molecule has 2 aromatic carbocycles. The van der Waals surface area contributed by atoms with E-state index >= 15 is 0 Å². The SMILES string of the molecule is Cc1ccc(NC(=O)/C=N\O[C@H](C)C(=O)Nc2ccccc2F)c(C)c1. The van der Waals surface area contributed by atoms with Crippen molar-refractivity contribution in [3.05, 3.63) is 59.4 Å². The van der Waals surface area contributed by atoms with Crippen molar-refractivity contribution in [3.8, 4) is 0 Å². The number of nitrogens with one attached hydrogen (secondary N) is 2. The van der Waals surface area contributed by atoms with Crippen LogP contribution in [0.2, 0.25) is 0 Å². The van der Waals surface area contributed by atoms with Crippen LogP contribution in [0.4, 0.5) is 15.8 Å². The molecule has 0 aliphatic carbocycles. The molecule has 7 heteroatoms. The molecule has 26 heavy (non-hydrogen) atoms. The first-order valence-corrected chi connectivity index (χ1v) is 7.99. The molecule has 0 saturated heterocycles. The predicted molar refractivity (Wildman–Crippen MR) is 98.6 cm³/mol. The van der Waals surface area contributed by atoms with E-state index < -0.39 is 23.7 Å². The monoisotopic (exact) mass is 357 g/mol. The van der Waals surface area contributed by atoms with Gasteiger partial charge in [-0.05, 0) is 44.5 Å². The van der Waals surface area contributed by atoms with Crippen LogP contribution in [0.5, 0.6) is 0 Å². The summed E-state index contributed by atoms with van der Waals surface area (Å²) in [4.78, 5) is 28.7. The molecule has 0 aliphatic rings. The Morgan fingerprint density at radius 1 is 1.12 bits per heavy atom. The third-order valence-electron chi connectivity index (χ3n) is 3.53. The van der Waals surface area contributed by atoms with E-state index in [9.17, 15) is 14.0 Å². The van der Waals surface area contributed by atoms with Crippen LogP contribution in [-0.4, -0.2) is 24.1 Å². The molecular weight excluding hydrogens is 337 g/mol. The number of para-hydroxylation sites is 1. The molecule has 2 N–H and O–H groups in total. The molecule has 0 aromatic heterocycles. The Labute approximate surface area is 151 Å². The number of hydrogen-bond acceptors (Lipinski definition) is 4. The number of halogens is 1. The maximum atomic E-state index is 13.5. The molecule has 0 saturated carbocycles. The Balaban J connectivity index is 1.85. The molecule has 2 amide bonds. The zero-order valence-corrected chi connectivity index (χ0v) is 14.7. The summed E-state index contributed by atoms with van der Waals surface area (Å²) in [6, 6.07) is 11.4. The normalized spacial score (nSPS) is 11.8. The fourth-order valence-corrected chi connectivity index (χ4v) is 2.13. The number of benzene rings is 2. The van der Waals surface area contributed by atoms with E-state index in [0.29, 0.717) is 5.69 Å². The lowest BCUT2D eigenvalue weighted by molar-refractivity contribution is -0.126. The highest BCUT2D eigenvalue weighted by Gasteiger charge is 2.16. The van der Waals surface area contributed by atoms with Gasteiger partial charge in [0.2, 0.25) is 6.10 Å². The van der Waals surface area contributed by atoms with Gasteiger partial charge in [0.05, 0.1) is 5.69 Å². The molecule has 0 bridgehead atoms. The minimum absolute atomic E-state index is 0.0459. The number of oxime groups is 1. The Kier molecular flexibility index (Phi) is 6.43. The number of amides is 2. The summed E-state index contributed by atoms with van der Waals surface area (Å²) in [5, 5.41) is 8.56. The molecule has 0 aliphatic heterocycles. The van der Waals surface area contributed by atoms with Gasteiger partial charge in [-0.2, -0.15) is 0 Å². The number of rotatable bonds is 6. The Bertz CT molecular complexity index is 837. The van der Waals surface area contributed by atoms with Crippen molar-refractivity contribution < 1.29 is 18.8 Å². The van der Waals surface area contributed by atoms with Gasteiger partial charge >= 0.3 is 0 Å². The highest BCUT2D eigenvalue weighted by atomic mass is 19.1. The topological polar surface area (TPSA) is 79.8 Å². The van der Waals surface area contributed by atoms with Gasteiger partial charge in [0.15, 0.2) is 0 Å². The second kappa shape index (κ2) is 8.75. The van der Waals surface area contributed by atoms with E-state index in [0.717, 1.165) is 17.3 Å². The van der Waals surface area contributed by atoms with Gasteiger partial charge < -0.3 is 15.5 Å². The highest BCUT2D eigenvalue weighted by molar-refractivity contribution is 6.31. The third kappa shape index (κ3) is 5.41. The molecular formula is C19H20FN3O3. The van der Waals surface area contributed by atoms with E-state index in [4.69, 9.17) is 4.84 Å². The summed E-state index contributed by atoms with van der Waals surface area (Å²) in [6.07, 6.45) is -0.0635. The molecule has 0 radical (unpaired) electrons. The van der Waals surface area contributed by atoms with Crippen LogP contribution >= 0.6 is 0 Å². The number of aryl methyl sites for hydroxylation is 2. The summed E-state index contributed by atoms with van der Waals surface area (Å²) >= 11 is 0. The van der Waals surface area contributed by atoms with Crippen LogP contribution < -0.4 is 10.6 Å². The smallest absolute Gasteiger partial charge is 0.270 e. The van der Waals surface area contributed by atoms with Crippen molar-refractivity contribution in [1.29, 1.82) is 0 Å². The lowest BCUT2D eigenvalue weighted by atomic mass is 10.1. The van der Waals surface area contributed by atoms with Crippen LogP contribution in [0.15, 0.2) is 47.6 Å². The van der Waals surface area contributed by atoms with Gasteiger partial charge in [-0.1, -0.05) is 35.0 Å². The number of nitrogens with zero attached hydrogens (tertiary/aromatic N) is 1. The first kappa shape index (κ1) is 19.1. The van der Waals surface area contributed by atoms with Gasteiger partial charge in [0.25, 0.3) is 11.8 Å². The maximum absolute atomic E-state index is 13.5. The van der Waals surface area contributed by atoms with Gasteiger partial charge in [0, 0.05) is 5.69 Å². The standard InChI is InChI=1S/C19H20FN3O3/c1-12-8-9-16(13(2)10-12)22-18(24)11-21-26-14(3)19(25)23-17-7-5-4-6-15(17)20/h4-11,14H,1-3H3,(H,22,24)(H,23,25)/b21-11-/t14-/m1/s1. The van der Waals surface area contributed by atoms with E-state index in [1.54, 1.807) is 12.1 Å². The second-order valence-corrected chi connectivity index (χ2v) is 5.76. The van der Waals surface area contributed by atoms with Crippen molar-refractivity contribution in [2.24, 2.45) is 5.16 Å². The molecule has 0 unspecified atom stereocenters. The van der Waals surface area contributed by atoms with Crippen molar-refractivity contribution in [2.45, 2.75) is 26.9 Å². The number of hydrogen-bond donors (Lipinski definition) is 2. The molecule has 136 valence electrons. The van der Waals surface area contributed by atoms with Gasteiger partial charge in [0.1, 0.15) is 12.0 Å². The van der Waals surface area contributed by atoms with Crippen molar-refractivity contribution in [2.75, 3.05) is 10.6 Å². The van der Waals surface area contributed by atoms with Crippen LogP contribution in [0.3, 0.4) is 0 Å². The molecule has 2 rings (SSSR count). The lowest BCUT2D eigenvalue weighted by Gasteiger charge is -2.11. The minimum Gasteiger partial charge on any atom is -0.383 e. The average molecular weight is 357 g/mol. The Hall–Kier alpha value is -3.22. The van der Waals surface area contributed by atoms with E-state index in [1.807, 2.05) is 26.0 Å². The quantitative estimate of drug-likeness (QED) is 0.614. The highest BCUT2D eigenvalue weighted by Crippen LogP contribution is 2.15. The molecule has 2 aromatic rings. The summed E-state index contributed by atoms with van der Waals surface area (Å²) in [6.45, 7) is 5.28. The van der Waals surface area contributed by atoms with Gasteiger partial charge in [-0.25, -0.2) is 4.39 Å². The molecule has 0 spiro atoms. The zero-order valence-electron chi connectivity index (χ0n) is 14.7. The Morgan fingerprint density at radius 2 is 1.85 bits per heavy atom. The van der Waals surface area contributed by atoms with E-state index in [1.165, 1.54) is 25.1 Å². The summed E-state index contributed by atoms with van der Waals surface area (Å²) in [7, 11) is 0. The average Bonchev–Trinajstić information content (AvgIpc) is 2.59. The first-order chi connectivity index (χ1) is 12.4. The van der Waals surface area contributed by atoms with Crippen LogP contribution in [0.1, 0.15) is 18.1 Å². The van der Waals surface area contributed by atoms with Crippen molar-refractivity contribution >= 4 is 29.4 Å². The van der Waals surface area contributed by atoms with Crippen molar-refractivity contribution in [3.63, 3.8) is 0 Å². The second-order valence-electron chi connectivity index (χ2n) is 5.76. The fraction of sp³-hybridized carbons (Fsp3) is 0.211. The van der Waals surface area contributed by atoms with E-state index in [-0.39, 0.29) is 5.69 Å². The number of carbonyl (C=O) groups excluding carboxylic acids is 2. The fourth-order valence-electron chi connectivity index (χ4n) is 2.13. The summed E-state index contributed by atoms with van der Waals surface area (Å²) in [5.74, 6) is -1.62. The van der Waals surface area contributed by atoms with E-state index in [2.05, 4.69) is 15.8 Å². The zero-order chi connectivity index (χ0) is 19.1.